The molecule has 9 heteroatoms. The Morgan fingerprint density at radius 3 is 2.76 bits per heavy atom. The van der Waals surface area contributed by atoms with Gasteiger partial charge in [0.25, 0.3) is 5.91 Å². The van der Waals surface area contributed by atoms with Gasteiger partial charge < -0.3 is 11.5 Å². The van der Waals surface area contributed by atoms with Crippen LogP contribution in [0.15, 0.2) is 30.3 Å². The van der Waals surface area contributed by atoms with Crippen molar-refractivity contribution < 1.29 is 4.79 Å². The summed E-state index contributed by atoms with van der Waals surface area (Å²) >= 11 is 2.51. The average Bonchev–Trinajstić information content (AvgIpc) is 3.14. The lowest BCUT2D eigenvalue weighted by atomic mass is 10.2. The maximum absolute atomic E-state index is 12.6. The topological polar surface area (TPSA) is 131 Å². The number of amides is 1. The molecule has 0 bridgehead atoms. The molecule has 1 amide bonds. The van der Waals surface area contributed by atoms with Crippen LogP contribution in [0.3, 0.4) is 0 Å². The van der Waals surface area contributed by atoms with Crippen molar-refractivity contribution in [1.82, 2.24) is 9.97 Å². The maximum atomic E-state index is 12.6. The van der Waals surface area contributed by atoms with Gasteiger partial charge >= 0.3 is 0 Å². The number of thiophene rings is 1. The van der Waals surface area contributed by atoms with Crippen LogP contribution in [0.1, 0.15) is 15.2 Å². The van der Waals surface area contributed by atoms with Crippen molar-refractivity contribution >= 4 is 65.7 Å². The second-order valence-electron chi connectivity index (χ2n) is 5.17. The number of nitrogen functional groups attached to an aromatic ring is 2. The SMILES string of the molecule is N#Cc1cc2c(N)c(C(=O)Nc3nc4ccccc4s3)sc2nc1N. The number of carbonyl (C=O) groups excluding carboxylic acids is 1. The smallest absolute Gasteiger partial charge is 0.269 e. The van der Waals surface area contributed by atoms with E-state index in [0.717, 1.165) is 21.6 Å². The first-order valence-corrected chi connectivity index (χ1v) is 8.75. The number of hydrogen-bond acceptors (Lipinski definition) is 8. The fourth-order valence-corrected chi connectivity index (χ4v) is 4.23. The molecular weight excluding hydrogens is 356 g/mol. The van der Waals surface area contributed by atoms with E-state index in [2.05, 4.69) is 15.3 Å². The van der Waals surface area contributed by atoms with E-state index in [9.17, 15) is 4.79 Å². The number of benzene rings is 1. The lowest BCUT2D eigenvalue weighted by Gasteiger charge is -2.00. The van der Waals surface area contributed by atoms with Gasteiger partial charge in [-0.3, -0.25) is 10.1 Å². The second-order valence-corrected chi connectivity index (χ2v) is 7.20. The molecule has 1 aromatic carbocycles. The summed E-state index contributed by atoms with van der Waals surface area (Å²) in [7, 11) is 0. The van der Waals surface area contributed by atoms with Gasteiger partial charge in [0.1, 0.15) is 21.6 Å². The Hall–Kier alpha value is -3.22. The summed E-state index contributed by atoms with van der Waals surface area (Å²) in [6.07, 6.45) is 0. The molecule has 0 aliphatic heterocycles. The van der Waals surface area contributed by atoms with Gasteiger partial charge in [0.2, 0.25) is 0 Å². The molecule has 0 atom stereocenters. The summed E-state index contributed by atoms with van der Waals surface area (Å²) in [4.78, 5) is 21.9. The second kappa shape index (κ2) is 5.70. The third-order valence-corrected chi connectivity index (χ3v) is 5.66. The van der Waals surface area contributed by atoms with Crippen molar-refractivity contribution in [3.8, 4) is 6.07 Å². The molecule has 7 nitrogen and oxygen atoms in total. The van der Waals surface area contributed by atoms with Crippen molar-refractivity contribution in [2.45, 2.75) is 0 Å². The molecule has 0 spiro atoms. The summed E-state index contributed by atoms with van der Waals surface area (Å²) in [6.45, 7) is 0. The molecule has 0 radical (unpaired) electrons. The van der Waals surface area contributed by atoms with Crippen LogP contribution in [0.5, 0.6) is 0 Å². The van der Waals surface area contributed by atoms with E-state index in [1.54, 1.807) is 6.07 Å². The van der Waals surface area contributed by atoms with E-state index in [1.165, 1.54) is 11.3 Å². The van der Waals surface area contributed by atoms with Gasteiger partial charge in [0.15, 0.2) is 5.13 Å². The van der Waals surface area contributed by atoms with Crippen LogP contribution >= 0.6 is 22.7 Å². The van der Waals surface area contributed by atoms with Crippen molar-refractivity contribution in [3.05, 3.63) is 40.8 Å². The molecule has 3 heterocycles. The molecule has 0 unspecified atom stereocenters. The standard InChI is InChI=1S/C16H10N6OS2/c17-6-7-5-8-11(18)12(25-15(8)21-13(7)19)14(23)22-16-20-9-3-1-2-4-10(9)24-16/h1-5H,18H2,(H2,19,21)(H,20,22,23). The number of nitrogens with one attached hydrogen (secondary N) is 1. The highest BCUT2D eigenvalue weighted by Gasteiger charge is 2.20. The molecule has 0 saturated heterocycles. The van der Waals surface area contributed by atoms with Crippen LogP contribution in [0, 0.1) is 11.3 Å². The highest BCUT2D eigenvalue weighted by Crippen LogP contribution is 2.35. The number of aromatic nitrogens is 2. The van der Waals surface area contributed by atoms with Crippen LogP contribution in [0.2, 0.25) is 0 Å². The number of carbonyl (C=O) groups is 1. The predicted octanol–water partition coefficient (Wildman–Crippen LogP) is 3.19. The highest BCUT2D eigenvalue weighted by atomic mass is 32.1. The molecule has 0 aliphatic carbocycles. The number of pyridine rings is 1. The average molecular weight is 366 g/mol. The number of nitriles is 1. The number of thiazole rings is 1. The number of anilines is 3. The molecule has 5 N–H and O–H groups in total. The Balaban J connectivity index is 1.72. The van der Waals surface area contributed by atoms with Crippen LogP contribution < -0.4 is 16.8 Å². The first-order valence-electron chi connectivity index (χ1n) is 7.12. The minimum Gasteiger partial charge on any atom is -0.397 e. The largest absolute Gasteiger partial charge is 0.397 e. The number of nitrogens with zero attached hydrogens (tertiary/aromatic N) is 3. The molecule has 4 rings (SSSR count). The Kier molecular flexibility index (Phi) is 3.49. The summed E-state index contributed by atoms with van der Waals surface area (Å²) in [5.74, 6) is -0.244. The van der Waals surface area contributed by atoms with Gasteiger partial charge in [-0.15, -0.1) is 11.3 Å². The fourth-order valence-electron chi connectivity index (χ4n) is 2.39. The zero-order valence-corrected chi connectivity index (χ0v) is 14.2. The predicted molar refractivity (Wildman–Crippen MR) is 101 cm³/mol. The third kappa shape index (κ3) is 2.53. The minimum absolute atomic E-state index is 0.120. The summed E-state index contributed by atoms with van der Waals surface area (Å²) in [5.41, 5.74) is 13.1. The fraction of sp³-hybridized carbons (Fsp3) is 0. The van der Waals surface area contributed by atoms with Crippen molar-refractivity contribution in [3.63, 3.8) is 0 Å². The van der Waals surface area contributed by atoms with E-state index in [1.807, 2.05) is 30.3 Å². The Morgan fingerprint density at radius 2 is 2.00 bits per heavy atom. The normalized spacial score (nSPS) is 10.8. The molecule has 0 saturated carbocycles. The van der Waals surface area contributed by atoms with Crippen LogP contribution in [0.25, 0.3) is 20.4 Å². The van der Waals surface area contributed by atoms with E-state index < -0.39 is 0 Å². The van der Waals surface area contributed by atoms with Gasteiger partial charge in [-0.25, -0.2) is 9.97 Å². The summed E-state index contributed by atoms with van der Waals surface area (Å²) in [5, 5.41) is 12.9. The summed E-state index contributed by atoms with van der Waals surface area (Å²) < 4.78 is 0.982. The molecule has 122 valence electrons. The van der Waals surface area contributed by atoms with E-state index in [4.69, 9.17) is 16.7 Å². The lowest BCUT2D eigenvalue weighted by Crippen LogP contribution is -2.11. The lowest BCUT2D eigenvalue weighted by molar-refractivity contribution is 0.103. The third-order valence-electron chi connectivity index (χ3n) is 3.59. The van der Waals surface area contributed by atoms with E-state index in [-0.39, 0.29) is 23.0 Å². The van der Waals surface area contributed by atoms with Crippen molar-refractivity contribution in [2.24, 2.45) is 0 Å². The van der Waals surface area contributed by atoms with Gasteiger partial charge in [-0.1, -0.05) is 23.5 Å². The Labute approximate surface area is 149 Å². The van der Waals surface area contributed by atoms with Crippen molar-refractivity contribution in [2.75, 3.05) is 16.8 Å². The van der Waals surface area contributed by atoms with Gasteiger partial charge in [0.05, 0.1) is 21.5 Å². The molecule has 4 aromatic rings. The molecule has 3 aromatic heterocycles. The maximum Gasteiger partial charge on any atom is 0.269 e. The van der Waals surface area contributed by atoms with Crippen LogP contribution in [-0.2, 0) is 0 Å². The van der Waals surface area contributed by atoms with Gasteiger partial charge in [-0.2, -0.15) is 5.26 Å². The Bertz CT molecular complexity index is 1150. The number of rotatable bonds is 2. The van der Waals surface area contributed by atoms with Crippen molar-refractivity contribution in [1.29, 1.82) is 5.26 Å². The van der Waals surface area contributed by atoms with Gasteiger partial charge in [-0.05, 0) is 18.2 Å². The number of nitrogens with two attached hydrogens (primary N) is 2. The minimum atomic E-state index is -0.364. The molecule has 0 aliphatic rings. The quantitative estimate of drug-likeness (QED) is 0.499. The van der Waals surface area contributed by atoms with E-state index >= 15 is 0 Å². The number of hydrogen-bond donors (Lipinski definition) is 3. The first-order chi connectivity index (χ1) is 12.1. The highest BCUT2D eigenvalue weighted by molar-refractivity contribution is 7.23. The monoisotopic (exact) mass is 366 g/mol. The molecule has 0 fully saturated rings. The number of fused-ring (bicyclic) bond motifs is 2. The zero-order valence-electron chi connectivity index (χ0n) is 12.6. The van der Waals surface area contributed by atoms with Gasteiger partial charge in [0, 0.05) is 5.39 Å². The number of para-hydroxylation sites is 1. The zero-order chi connectivity index (χ0) is 17.6. The summed E-state index contributed by atoms with van der Waals surface area (Å²) in [6, 6.07) is 11.1. The van der Waals surface area contributed by atoms with E-state index in [0.29, 0.717) is 20.2 Å². The Morgan fingerprint density at radius 1 is 1.20 bits per heavy atom. The molecular formula is C16H10N6OS2. The first kappa shape index (κ1) is 15.3. The van der Waals surface area contributed by atoms with Crippen LogP contribution in [0.4, 0.5) is 16.6 Å². The van der Waals surface area contributed by atoms with Crippen LogP contribution in [-0.4, -0.2) is 15.9 Å². The molecule has 25 heavy (non-hydrogen) atoms.